The predicted octanol–water partition coefficient (Wildman–Crippen LogP) is 1.69. The number of nitrogen functional groups attached to an aromatic ring is 1. The lowest BCUT2D eigenvalue weighted by molar-refractivity contribution is 0.349. The van der Waals surface area contributed by atoms with Crippen LogP contribution in [0.4, 0.5) is 5.69 Å². The zero-order valence-corrected chi connectivity index (χ0v) is 12.3. The van der Waals surface area contributed by atoms with Crippen molar-refractivity contribution in [3.05, 3.63) is 12.1 Å². The number of hydrogen-bond acceptors (Lipinski definition) is 6. The average molecular weight is 277 g/mol. The summed E-state index contributed by atoms with van der Waals surface area (Å²) in [5, 5.41) is 11.8. The van der Waals surface area contributed by atoms with Crippen LogP contribution in [0.5, 0.6) is 11.5 Å². The molecule has 0 amide bonds. The van der Waals surface area contributed by atoms with Crippen molar-refractivity contribution in [1.82, 2.24) is 20.2 Å². The van der Waals surface area contributed by atoms with Crippen LogP contribution in [0.1, 0.15) is 20.8 Å². The van der Waals surface area contributed by atoms with Crippen LogP contribution >= 0.6 is 0 Å². The summed E-state index contributed by atoms with van der Waals surface area (Å²) in [5.41, 5.74) is 7.07. The molecule has 0 bridgehead atoms. The molecule has 20 heavy (non-hydrogen) atoms. The molecule has 7 nitrogen and oxygen atoms in total. The standard InChI is InChI=1S/C13H19N5O2/c1-13(2,3)18-12(15-16-17-18)8-6-10(19-4)11(20-5)7-9(8)14/h6-7H,14H2,1-5H3. The zero-order valence-electron chi connectivity index (χ0n) is 12.3. The van der Waals surface area contributed by atoms with Gasteiger partial charge in [-0.1, -0.05) is 0 Å². The fourth-order valence-corrected chi connectivity index (χ4v) is 1.90. The Morgan fingerprint density at radius 3 is 2.25 bits per heavy atom. The molecule has 2 N–H and O–H groups in total. The quantitative estimate of drug-likeness (QED) is 0.859. The highest BCUT2D eigenvalue weighted by Gasteiger charge is 2.23. The van der Waals surface area contributed by atoms with Crippen molar-refractivity contribution in [2.24, 2.45) is 0 Å². The summed E-state index contributed by atoms with van der Waals surface area (Å²) in [6, 6.07) is 3.48. The Labute approximate surface area is 117 Å². The molecule has 0 saturated carbocycles. The molecule has 1 aromatic carbocycles. The maximum atomic E-state index is 6.08. The van der Waals surface area contributed by atoms with Gasteiger partial charge in [-0.2, -0.15) is 0 Å². The first-order valence-electron chi connectivity index (χ1n) is 6.19. The van der Waals surface area contributed by atoms with Gasteiger partial charge < -0.3 is 15.2 Å². The summed E-state index contributed by atoms with van der Waals surface area (Å²) in [6.45, 7) is 6.05. The molecule has 1 heterocycles. The van der Waals surface area contributed by atoms with Gasteiger partial charge in [-0.05, 0) is 37.3 Å². The lowest BCUT2D eigenvalue weighted by atomic mass is 10.1. The van der Waals surface area contributed by atoms with Crippen LogP contribution < -0.4 is 15.2 Å². The van der Waals surface area contributed by atoms with E-state index < -0.39 is 0 Å². The zero-order chi connectivity index (χ0) is 14.9. The number of methoxy groups -OCH3 is 2. The molecule has 0 aliphatic rings. The molecule has 0 spiro atoms. The fraction of sp³-hybridized carbons (Fsp3) is 0.462. The maximum Gasteiger partial charge on any atom is 0.184 e. The van der Waals surface area contributed by atoms with Crippen molar-refractivity contribution >= 4 is 5.69 Å². The van der Waals surface area contributed by atoms with Crippen molar-refractivity contribution in [3.63, 3.8) is 0 Å². The summed E-state index contributed by atoms with van der Waals surface area (Å²) >= 11 is 0. The SMILES string of the molecule is COc1cc(N)c(-c2nnnn2C(C)(C)C)cc1OC. The Bertz CT molecular complexity index is 616. The van der Waals surface area contributed by atoms with Crippen molar-refractivity contribution in [2.75, 3.05) is 20.0 Å². The predicted molar refractivity (Wildman–Crippen MR) is 75.8 cm³/mol. The first-order chi connectivity index (χ1) is 9.38. The first kappa shape index (κ1) is 14.1. The van der Waals surface area contributed by atoms with Gasteiger partial charge in [-0.3, -0.25) is 0 Å². The smallest absolute Gasteiger partial charge is 0.184 e. The molecule has 7 heteroatoms. The van der Waals surface area contributed by atoms with Crippen LogP contribution in [0.2, 0.25) is 0 Å². The summed E-state index contributed by atoms with van der Waals surface area (Å²) < 4.78 is 12.2. The lowest BCUT2D eigenvalue weighted by Gasteiger charge is -2.20. The molecule has 0 unspecified atom stereocenters. The molecular formula is C13H19N5O2. The van der Waals surface area contributed by atoms with Gasteiger partial charge in [-0.25, -0.2) is 4.68 Å². The van der Waals surface area contributed by atoms with Gasteiger partial charge in [0.2, 0.25) is 0 Å². The molecule has 1 aromatic heterocycles. The number of anilines is 1. The van der Waals surface area contributed by atoms with Gasteiger partial charge in [0, 0.05) is 17.3 Å². The minimum Gasteiger partial charge on any atom is -0.493 e. The summed E-state index contributed by atoms with van der Waals surface area (Å²) in [7, 11) is 3.14. The number of nitrogens with zero attached hydrogens (tertiary/aromatic N) is 4. The molecule has 0 radical (unpaired) electrons. The minimum atomic E-state index is -0.252. The van der Waals surface area contributed by atoms with Crippen molar-refractivity contribution in [3.8, 4) is 22.9 Å². The van der Waals surface area contributed by atoms with E-state index in [1.165, 1.54) is 0 Å². The highest BCUT2D eigenvalue weighted by Crippen LogP contribution is 2.37. The van der Waals surface area contributed by atoms with Crippen LogP contribution in [0.25, 0.3) is 11.4 Å². The van der Waals surface area contributed by atoms with E-state index >= 15 is 0 Å². The summed E-state index contributed by atoms with van der Waals surface area (Å²) in [4.78, 5) is 0. The highest BCUT2D eigenvalue weighted by atomic mass is 16.5. The van der Waals surface area contributed by atoms with Gasteiger partial charge in [0.25, 0.3) is 0 Å². The van der Waals surface area contributed by atoms with Gasteiger partial charge in [0.15, 0.2) is 17.3 Å². The van der Waals surface area contributed by atoms with Gasteiger partial charge >= 0.3 is 0 Å². The van der Waals surface area contributed by atoms with Crippen LogP contribution in [-0.4, -0.2) is 34.4 Å². The number of hydrogen-bond donors (Lipinski definition) is 1. The molecule has 0 fully saturated rings. The third-order valence-corrected chi connectivity index (χ3v) is 2.90. The number of rotatable bonds is 3. The monoisotopic (exact) mass is 277 g/mol. The van der Waals surface area contributed by atoms with Crippen LogP contribution in [0, 0.1) is 0 Å². The van der Waals surface area contributed by atoms with E-state index in [0.717, 1.165) is 0 Å². The Balaban J connectivity index is 2.62. The van der Waals surface area contributed by atoms with Crippen LogP contribution in [0.15, 0.2) is 12.1 Å². The van der Waals surface area contributed by atoms with E-state index in [0.29, 0.717) is 28.6 Å². The summed E-state index contributed by atoms with van der Waals surface area (Å²) in [6.07, 6.45) is 0. The second-order valence-corrected chi connectivity index (χ2v) is 5.38. The van der Waals surface area contributed by atoms with Crippen molar-refractivity contribution in [1.29, 1.82) is 0 Å². The van der Waals surface area contributed by atoms with Crippen molar-refractivity contribution < 1.29 is 9.47 Å². The highest BCUT2D eigenvalue weighted by molar-refractivity contribution is 5.76. The largest absolute Gasteiger partial charge is 0.493 e. The van der Waals surface area contributed by atoms with E-state index in [-0.39, 0.29) is 5.54 Å². The Kier molecular flexibility index (Phi) is 3.52. The molecule has 2 aromatic rings. The number of benzene rings is 1. The molecule has 2 rings (SSSR count). The Hall–Kier alpha value is -2.31. The van der Waals surface area contributed by atoms with Crippen molar-refractivity contribution in [2.45, 2.75) is 26.3 Å². The topological polar surface area (TPSA) is 88.1 Å². The Morgan fingerprint density at radius 1 is 1.10 bits per heavy atom. The molecular weight excluding hydrogens is 258 g/mol. The molecule has 0 aliphatic carbocycles. The second-order valence-electron chi connectivity index (χ2n) is 5.38. The van der Waals surface area contributed by atoms with Gasteiger partial charge in [0.05, 0.1) is 19.8 Å². The molecule has 0 saturated heterocycles. The van der Waals surface area contributed by atoms with Gasteiger partial charge in [0.1, 0.15) is 0 Å². The first-order valence-corrected chi connectivity index (χ1v) is 6.19. The van der Waals surface area contributed by atoms with E-state index in [4.69, 9.17) is 15.2 Å². The average Bonchev–Trinajstić information content (AvgIpc) is 2.87. The summed E-state index contributed by atoms with van der Waals surface area (Å²) in [5.74, 6) is 1.75. The van der Waals surface area contributed by atoms with Crippen LogP contribution in [-0.2, 0) is 5.54 Å². The van der Waals surface area contributed by atoms with E-state index in [1.54, 1.807) is 31.0 Å². The number of tetrazole rings is 1. The molecule has 0 aliphatic heterocycles. The molecule has 0 atom stereocenters. The van der Waals surface area contributed by atoms with E-state index in [2.05, 4.69) is 15.5 Å². The minimum absolute atomic E-state index is 0.252. The lowest BCUT2D eigenvalue weighted by Crippen LogP contribution is -2.24. The van der Waals surface area contributed by atoms with E-state index in [9.17, 15) is 0 Å². The third-order valence-electron chi connectivity index (χ3n) is 2.90. The number of ether oxygens (including phenoxy) is 2. The normalized spacial score (nSPS) is 11.4. The third kappa shape index (κ3) is 2.38. The maximum absolute atomic E-state index is 6.08. The Morgan fingerprint density at radius 2 is 1.70 bits per heavy atom. The number of nitrogens with two attached hydrogens (primary N) is 1. The molecule has 108 valence electrons. The second kappa shape index (κ2) is 4.99. The fourth-order valence-electron chi connectivity index (χ4n) is 1.90. The van der Waals surface area contributed by atoms with Crippen LogP contribution in [0.3, 0.4) is 0 Å². The number of aromatic nitrogens is 4. The van der Waals surface area contributed by atoms with E-state index in [1.807, 2.05) is 20.8 Å². The van der Waals surface area contributed by atoms with Gasteiger partial charge in [-0.15, -0.1) is 5.10 Å².